The smallest absolute Gasteiger partial charge is 0.159 e. The van der Waals surface area contributed by atoms with Crippen LogP contribution in [0.5, 0.6) is 0 Å². The zero-order valence-electron chi connectivity index (χ0n) is 7.18. The summed E-state index contributed by atoms with van der Waals surface area (Å²) in [6.45, 7) is 3.86. The molecule has 0 heterocycles. The zero-order chi connectivity index (χ0) is 8.69. The number of terminal acetylenes is 1. The van der Waals surface area contributed by atoms with E-state index in [-0.39, 0.29) is 5.78 Å². The summed E-state index contributed by atoms with van der Waals surface area (Å²) in [4.78, 5) is 11.2. The number of allylic oxidation sites excluding steroid dienone is 2. The van der Waals surface area contributed by atoms with Crippen LogP contribution in [0.1, 0.15) is 33.1 Å². The van der Waals surface area contributed by atoms with Crippen LogP contribution in [-0.4, -0.2) is 5.78 Å². The lowest BCUT2D eigenvalue weighted by Crippen LogP contribution is -2.00. The third kappa shape index (κ3) is 3.62. The minimum absolute atomic E-state index is 0.188. The number of hydrogen-bond acceptors (Lipinski definition) is 1. The molecule has 0 aliphatic rings. The third-order valence-electron chi connectivity index (χ3n) is 1.58. The van der Waals surface area contributed by atoms with Crippen molar-refractivity contribution in [3.8, 4) is 12.3 Å². The van der Waals surface area contributed by atoms with Crippen molar-refractivity contribution in [3.63, 3.8) is 0 Å². The monoisotopic (exact) mass is 150 g/mol. The number of carbonyl (C=O) groups excluding carboxylic acids is 1. The van der Waals surface area contributed by atoms with Gasteiger partial charge in [-0.3, -0.25) is 4.79 Å². The van der Waals surface area contributed by atoms with Gasteiger partial charge < -0.3 is 0 Å². The second-order valence-electron chi connectivity index (χ2n) is 2.29. The SMILES string of the molecule is C#CCCC(=O)/C(=C\C)CC. The minimum Gasteiger partial charge on any atom is -0.295 e. The van der Waals surface area contributed by atoms with Crippen LogP contribution in [0.3, 0.4) is 0 Å². The Labute approximate surface area is 68.5 Å². The second kappa shape index (κ2) is 5.73. The highest BCUT2D eigenvalue weighted by Crippen LogP contribution is 2.05. The first-order valence-corrected chi connectivity index (χ1v) is 3.88. The summed E-state index contributed by atoms with van der Waals surface area (Å²) in [7, 11) is 0. The summed E-state index contributed by atoms with van der Waals surface area (Å²) < 4.78 is 0. The Balaban J connectivity index is 3.93. The Kier molecular flexibility index (Phi) is 5.20. The molecule has 0 radical (unpaired) electrons. The van der Waals surface area contributed by atoms with E-state index in [0.29, 0.717) is 12.8 Å². The van der Waals surface area contributed by atoms with Gasteiger partial charge >= 0.3 is 0 Å². The largest absolute Gasteiger partial charge is 0.295 e. The Hall–Kier alpha value is -1.03. The first-order chi connectivity index (χ1) is 5.26. The fourth-order valence-electron chi connectivity index (χ4n) is 0.909. The topological polar surface area (TPSA) is 17.1 Å². The molecule has 60 valence electrons. The van der Waals surface area contributed by atoms with E-state index in [1.54, 1.807) is 0 Å². The van der Waals surface area contributed by atoms with Crippen LogP contribution in [0.15, 0.2) is 11.6 Å². The molecule has 0 spiro atoms. The van der Waals surface area contributed by atoms with Gasteiger partial charge in [0.2, 0.25) is 0 Å². The average Bonchev–Trinajstić information content (AvgIpc) is 2.03. The highest BCUT2D eigenvalue weighted by Gasteiger charge is 2.03. The molecule has 0 amide bonds. The van der Waals surface area contributed by atoms with Crippen molar-refractivity contribution in [1.82, 2.24) is 0 Å². The van der Waals surface area contributed by atoms with E-state index in [2.05, 4.69) is 5.92 Å². The summed E-state index contributed by atoms with van der Waals surface area (Å²) in [6, 6.07) is 0. The molecule has 0 aliphatic carbocycles. The number of carbonyl (C=O) groups is 1. The summed E-state index contributed by atoms with van der Waals surface area (Å²) in [5, 5.41) is 0. The number of rotatable bonds is 4. The van der Waals surface area contributed by atoms with Crippen molar-refractivity contribution in [1.29, 1.82) is 0 Å². The molecule has 11 heavy (non-hydrogen) atoms. The normalized spacial score (nSPS) is 10.8. The molecular formula is C10H14O. The van der Waals surface area contributed by atoms with Crippen LogP contribution in [0.4, 0.5) is 0 Å². The highest BCUT2D eigenvalue weighted by molar-refractivity contribution is 5.95. The molecule has 0 saturated heterocycles. The molecule has 0 aliphatic heterocycles. The van der Waals surface area contributed by atoms with E-state index in [9.17, 15) is 4.79 Å². The fraction of sp³-hybridized carbons (Fsp3) is 0.500. The van der Waals surface area contributed by atoms with Gasteiger partial charge in [0, 0.05) is 12.8 Å². The van der Waals surface area contributed by atoms with E-state index < -0.39 is 0 Å². The molecule has 0 aromatic carbocycles. The van der Waals surface area contributed by atoms with E-state index >= 15 is 0 Å². The van der Waals surface area contributed by atoms with Gasteiger partial charge in [0.05, 0.1) is 0 Å². The molecule has 0 unspecified atom stereocenters. The maximum absolute atomic E-state index is 11.2. The highest BCUT2D eigenvalue weighted by atomic mass is 16.1. The van der Waals surface area contributed by atoms with Crippen molar-refractivity contribution >= 4 is 5.78 Å². The summed E-state index contributed by atoms with van der Waals surface area (Å²) in [6.07, 6.45) is 8.75. The number of Topliss-reactive ketones (excluding diaryl/α,β-unsaturated/α-hetero) is 1. The second-order valence-corrected chi connectivity index (χ2v) is 2.29. The van der Waals surface area contributed by atoms with E-state index in [1.165, 1.54) is 0 Å². The van der Waals surface area contributed by atoms with E-state index in [1.807, 2.05) is 19.9 Å². The Bertz CT molecular complexity index is 193. The Morgan fingerprint density at radius 1 is 1.64 bits per heavy atom. The standard InChI is InChI=1S/C10H14O/c1-4-7-8-10(11)9(5-2)6-3/h1,5H,6-8H2,2-3H3/b9-5-. The van der Waals surface area contributed by atoms with Gasteiger partial charge in [0.25, 0.3) is 0 Å². The van der Waals surface area contributed by atoms with Crippen LogP contribution < -0.4 is 0 Å². The van der Waals surface area contributed by atoms with Crippen molar-refractivity contribution in [2.75, 3.05) is 0 Å². The summed E-state index contributed by atoms with van der Waals surface area (Å²) in [5.41, 5.74) is 0.889. The summed E-state index contributed by atoms with van der Waals surface area (Å²) >= 11 is 0. The van der Waals surface area contributed by atoms with Crippen LogP contribution in [0.25, 0.3) is 0 Å². The Morgan fingerprint density at radius 3 is 2.64 bits per heavy atom. The number of hydrogen-bond donors (Lipinski definition) is 0. The molecule has 0 aromatic rings. The van der Waals surface area contributed by atoms with Crippen molar-refractivity contribution < 1.29 is 4.79 Å². The minimum atomic E-state index is 0.188. The van der Waals surface area contributed by atoms with Crippen LogP contribution in [0.2, 0.25) is 0 Å². The Morgan fingerprint density at radius 2 is 2.27 bits per heavy atom. The van der Waals surface area contributed by atoms with Gasteiger partial charge in [-0.15, -0.1) is 12.3 Å². The molecule has 0 fully saturated rings. The van der Waals surface area contributed by atoms with E-state index in [4.69, 9.17) is 6.42 Å². The molecule has 0 bridgehead atoms. The lowest BCUT2D eigenvalue weighted by Gasteiger charge is -1.99. The van der Waals surface area contributed by atoms with Gasteiger partial charge in [-0.05, 0) is 18.9 Å². The molecule has 1 nitrogen and oxygen atoms in total. The van der Waals surface area contributed by atoms with Crippen LogP contribution in [-0.2, 0) is 4.79 Å². The van der Waals surface area contributed by atoms with Crippen molar-refractivity contribution in [3.05, 3.63) is 11.6 Å². The van der Waals surface area contributed by atoms with E-state index in [0.717, 1.165) is 12.0 Å². The predicted molar refractivity (Wildman–Crippen MR) is 47.1 cm³/mol. The number of ketones is 1. The van der Waals surface area contributed by atoms with Crippen LogP contribution in [0, 0.1) is 12.3 Å². The lowest BCUT2D eigenvalue weighted by atomic mass is 10.1. The molecular weight excluding hydrogens is 136 g/mol. The van der Waals surface area contributed by atoms with Gasteiger partial charge in [-0.2, -0.15) is 0 Å². The lowest BCUT2D eigenvalue weighted by molar-refractivity contribution is -0.115. The van der Waals surface area contributed by atoms with Gasteiger partial charge in [-0.25, -0.2) is 0 Å². The first-order valence-electron chi connectivity index (χ1n) is 3.88. The zero-order valence-corrected chi connectivity index (χ0v) is 7.18. The molecule has 0 N–H and O–H groups in total. The maximum atomic E-state index is 11.2. The average molecular weight is 150 g/mol. The van der Waals surface area contributed by atoms with Gasteiger partial charge in [-0.1, -0.05) is 13.0 Å². The quantitative estimate of drug-likeness (QED) is 0.444. The molecule has 0 aromatic heterocycles. The first kappa shape index (κ1) is 9.97. The van der Waals surface area contributed by atoms with Gasteiger partial charge in [0.1, 0.15) is 0 Å². The fourth-order valence-corrected chi connectivity index (χ4v) is 0.909. The maximum Gasteiger partial charge on any atom is 0.159 e. The predicted octanol–water partition coefficient (Wildman–Crippen LogP) is 2.33. The summed E-state index contributed by atoms with van der Waals surface area (Å²) in [5.74, 6) is 2.64. The molecule has 0 rings (SSSR count). The van der Waals surface area contributed by atoms with Crippen LogP contribution >= 0.6 is 0 Å². The molecule has 0 saturated carbocycles. The molecule has 0 atom stereocenters. The van der Waals surface area contributed by atoms with Crippen molar-refractivity contribution in [2.24, 2.45) is 0 Å². The molecule has 1 heteroatoms. The van der Waals surface area contributed by atoms with Gasteiger partial charge in [0.15, 0.2) is 5.78 Å². The van der Waals surface area contributed by atoms with Crippen molar-refractivity contribution in [2.45, 2.75) is 33.1 Å². The third-order valence-corrected chi connectivity index (χ3v) is 1.58.